The number of rotatable bonds is 4. The van der Waals surface area contributed by atoms with Gasteiger partial charge in [-0.05, 0) is 24.6 Å². The van der Waals surface area contributed by atoms with E-state index in [-0.39, 0.29) is 12.5 Å². The van der Waals surface area contributed by atoms with Crippen LogP contribution in [0.4, 0.5) is 0 Å². The van der Waals surface area contributed by atoms with E-state index < -0.39 is 12.2 Å². The second-order valence-electron chi connectivity index (χ2n) is 3.71. The normalized spacial score (nSPS) is 14.2. The van der Waals surface area contributed by atoms with Crippen LogP contribution < -0.4 is 5.32 Å². The van der Waals surface area contributed by atoms with Gasteiger partial charge in [0.05, 0.1) is 5.69 Å². The Hall–Kier alpha value is -1.46. The van der Waals surface area contributed by atoms with Crippen LogP contribution in [0.2, 0.25) is 0 Å². The molecular weight excluding hydrogens is 208 g/mol. The van der Waals surface area contributed by atoms with Crippen molar-refractivity contribution in [2.24, 2.45) is 0 Å². The van der Waals surface area contributed by atoms with Crippen LogP contribution in [0.1, 0.15) is 24.3 Å². The van der Waals surface area contributed by atoms with Crippen molar-refractivity contribution in [1.82, 2.24) is 10.3 Å². The quantitative estimate of drug-likeness (QED) is 0.668. The molecule has 1 aromatic rings. The summed E-state index contributed by atoms with van der Waals surface area (Å²) in [6, 6.07) is 3.50. The summed E-state index contributed by atoms with van der Waals surface area (Å²) in [7, 11) is 0. The zero-order valence-electron chi connectivity index (χ0n) is 9.34. The molecular formula is C11H16N2O3. The standard InChI is InChI=1S/C11H16N2O3/c1-7-3-4-12-9(5-7)11(16)10(15)6-13-8(2)14/h3-5,10-11,15-16H,6H2,1-2H3,(H,13,14). The van der Waals surface area contributed by atoms with Crippen LogP contribution in [0.3, 0.4) is 0 Å². The molecule has 16 heavy (non-hydrogen) atoms. The van der Waals surface area contributed by atoms with E-state index in [1.54, 1.807) is 18.3 Å². The molecule has 5 nitrogen and oxygen atoms in total. The molecule has 2 atom stereocenters. The Bertz CT molecular complexity index is 368. The van der Waals surface area contributed by atoms with Gasteiger partial charge < -0.3 is 15.5 Å². The van der Waals surface area contributed by atoms with Crippen molar-refractivity contribution in [3.63, 3.8) is 0 Å². The Kier molecular flexibility index (Phi) is 4.39. The Morgan fingerprint density at radius 3 is 2.81 bits per heavy atom. The number of pyridine rings is 1. The lowest BCUT2D eigenvalue weighted by Crippen LogP contribution is -2.34. The number of aliphatic hydroxyl groups is 2. The predicted molar refractivity (Wildman–Crippen MR) is 58.6 cm³/mol. The van der Waals surface area contributed by atoms with Gasteiger partial charge in [-0.2, -0.15) is 0 Å². The van der Waals surface area contributed by atoms with Gasteiger partial charge in [0.15, 0.2) is 0 Å². The van der Waals surface area contributed by atoms with E-state index >= 15 is 0 Å². The van der Waals surface area contributed by atoms with E-state index in [0.717, 1.165) is 5.56 Å². The lowest BCUT2D eigenvalue weighted by molar-refractivity contribution is -0.119. The van der Waals surface area contributed by atoms with Crippen LogP contribution in [0, 0.1) is 6.92 Å². The number of aliphatic hydroxyl groups excluding tert-OH is 2. The Labute approximate surface area is 94.1 Å². The molecule has 0 saturated heterocycles. The minimum absolute atomic E-state index is 0.00607. The molecule has 88 valence electrons. The third kappa shape index (κ3) is 3.60. The third-order valence-electron chi connectivity index (χ3n) is 2.16. The van der Waals surface area contributed by atoms with E-state index in [9.17, 15) is 15.0 Å². The fourth-order valence-corrected chi connectivity index (χ4v) is 1.28. The van der Waals surface area contributed by atoms with E-state index in [1.807, 2.05) is 6.92 Å². The van der Waals surface area contributed by atoms with Gasteiger partial charge in [0.2, 0.25) is 5.91 Å². The molecule has 1 rings (SSSR count). The number of nitrogens with one attached hydrogen (secondary N) is 1. The van der Waals surface area contributed by atoms with Crippen LogP contribution in [0.25, 0.3) is 0 Å². The summed E-state index contributed by atoms with van der Waals surface area (Å²) in [6.07, 6.45) is -0.580. The fraction of sp³-hybridized carbons (Fsp3) is 0.455. The van der Waals surface area contributed by atoms with Crippen molar-refractivity contribution in [2.75, 3.05) is 6.54 Å². The van der Waals surface area contributed by atoms with Crippen LogP contribution in [0.15, 0.2) is 18.3 Å². The maximum Gasteiger partial charge on any atom is 0.216 e. The molecule has 1 amide bonds. The van der Waals surface area contributed by atoms with Crippen molar-refractivity contribution in [2.45, 2.75) is 26.1 Å². The SMILES string of the molecule is CC(=O)NCC(O)C(O)c1cc(C)ccn1. The molecule has 0 spiro atoms. The highest BCUT2D eigenvalue weighted by Crippen LogP contribution is 2.14. The van der Waals surface area contributed by atoms with E-state index in [0.29, 0.717) is 5.69 Å². The number of hydrogen-bond donors (Lipinski definition) is 3. The Morgan fingerprint density at radius 1 is 1.56 bits per heavy atom. The first-order chi connectivity index (χ1) is 7.50. The molecule has 2 unspecified atom stereocenters. The summed E-state index contributed by atoms with van der Waals surface area (Å²) in [6.45, 7) is 3.23. The highest BCUT2D eigenvalue weighted by Gasteiger charge is 2.19. The zero-order chi connectivity index (χ0) is 12.1. The maximum absolute atomic E-state index is 10.6. The van der Waals surface area contributed by atoms with Crippen LogP contribution in [-0.2, 0) is 4.79 Å². The number of amides is 1. The summed E-state index contributed by atoms with van der Waals surface area (Å²) in [5.41, 5.74) is 1.36. The Balaban J connectivity index is 2.62. The number of nitrogens with zero attached hydrogens (tertiary/aromatic N) is 1. The summed E-state index contributed by atoms with van der Waals surface area (Å²) >= 11 is 0. The first kappa shape index (κ1) is 12.6. The molecule has 0 aliphatic carbocycles. The smallest absolute Gasteiger partial charge is 0.216 e. The Morgan fingerprint density at radius 2 is 2.25 bits per heavy atom. The van der Waals surface area contributed by atoms with Gasteiger partial charge in [-0.1, -0.05) is 0 Å². The fourth-order valence-electron chi connectivity index (χ4n) is 1.28. The lowest BCUT2D eigenvalue weighted by Gasteiger charge is -2.17. The number of aryl methyl sites for hydroxylation is 1. The van der Waals surface area contributed by atoms with Gasteiger partial charge in [-0.15, -0.1) is 0 Å². The van der Waals surface area contributed by atoms with Crippen molar-refractivity contribution in [3.05, 3.63) is 29.6 Å². The largest absolute Gasteiger partial charge is 0.388 e. The zero-order valence-corrected chi connectivity index (χ0v) is 9.34. The number of aromatic nitrogens is 1. The minimum atomic E-state index is -1.09. The highest BCUT2D eigenvalue weighted by molar-refractivity contribution is 5.72. The van der Waals surface area contributed by atoms with Crippen molar-refractivity contribution in [1.29, 1.82) is 0 Å². The molecule has 0 aliphatic rings. The van der Waals surface area contributed by atoms with E-state index in [2.05, 4.69) is 10.3 Å². The molecule has 0 aliphatic heterocycles. The highest BCUT2D eigenvalue weighted by atomic mass is 16.3. The molecule has 1 heterocycles. The van der Waals surface area contributed by atoms with Gasteiger partial charge in [-0.25, -0.2) is 0 Å². The summed E-state index contributed by atoms with van der Waals surface area (Å²) in [4.78, 5) is 14.6. The third-order valence-corrected chi connectivity index (χ3v) is 2.16. The monoisotopic (exact) mass is 224 g/mol. The molecule has 0 fully saturated rings. The minimum Gasteiger partial charge on any atom is -0.388 e. The molecule has 0 bridgehead atoms. The van der Waals surface area contributed by atoms with Crippen molar-refractivity contribution < 1.29 is 15.0 Å². The maximum atomic E-state index is 10.6. The van der Waals surface area contributed by atoms with Crippen LogP contribution in [0.5, 0.6) is 0 Å². The predicted octanol–water partition coefficient (Wildman–Crippen LogP) is -0.0796. The lowest BCUT2D eigenvalue weighted by atomic mass is 10.1. The van der Waals surface area contributed by atoms with Crippen LogP contribution >= 0.6 is 0 Å². The number of hydrogen-bond acceptors (Lipinski definition) is 4. The van der Waals surface area contributed by atoms with Crippen molar-refractivity contribution in [3.8, 4) is 0 Å². The number of carbonyl (C=O) groups is 1. The molecule has 0 saturated carbocycles. The average molecular weight is 224 g/mol. The van der Waals surface area contributed by atoms with Gasteiger partial charge in [-0.3, -0.25) is 9.78 Å². The van der Waals surface area contributed by atoms with Crippen LogP contribution in [-0.4, -0.2) is 33.8 Å². The van der Waals surface area contributed by atoms with Gasteiger partial charge in [0.1, 0.15) is 12.2 Å². The summed E-state index contributed by atoms with van der Waals surface area (Å²) in [5.74, 6) is -0.247. The first-order valence-electron chi connectivity index (χ1n) is 5.04. The second kappa shape index (κ2) is 5.58. The van der Waals surface area contributed by atoms with Gasteiger partial charge in [0, 0.05) is 19.7 Å². The van der Waals surface area contributed by atoms with Crippen molar-refractivity contribution >= 4 is 5.91 Å². The number of carbonyl (C=O) groups excluding carboxylic acids is 1. The second-order valence-corrected chi connectivity index (χ2v) is 3.71. The van der Waals surface area contributed by atoms with Gasteiger partial charge >= 0.3 is 0 Å². The molecule has 0 aromatic carbocycles. The first-order valence-corrected chi connectivity index (χ1v) is 5.04. The van der Waals surface area contributed by atoms with E-state index in [4.69, 9.17) is 0 Å². The van der Waals surface area contributed by atoms with Gasteiger partial charge in [0.25, 0.3) is 0 Å². The summed E-state index contributed by atoms with van der Waals surface area (Å²) in [5, 5.41) is 21.8. The molecule has 1 aromatic heterocycles. The average Bonchev–Trinajstić information content (AvgIpc) is 2.24. The topological polar surface area (TPSA) is 82.5 Å². The summed E-state index contributed by atoms with van der Waals surface area (Å²) < 4.78 is 0. The molecule has 0 radical (unpaired) electrons. The van der Waals surface area contributed by atoms with E-state index in [1.165, 1.54) is 6.92 Å². The molecule has 3 N–H and O–H groups in total. The molecule has 5 heteroatoms.